The molecule has 0 bridgehead atoms. The van der Waals surface area contributed by atoms with Crippen LogP contribution in [0.3, 0.4) is 0 Å². The van der Waals surface area contributed by atoms with Gasteiger partial charge in [0.05, 0.1) is 17.2 Å². The number of halogens is 1. The summed E-state index contributed by atoms with van der Waals surface area (Å²) in [6, 6.07) is 15.3. The average Bonchev–Trinajstić information content (AvgIpc) is 2.56. The molecule has 0 aliphatic heterocycles. The highest BCUT2D eigenvalue weighted by molar-refractivity contribution is 6.09. The van der Waals surface area contributed by atoms with E-state index in [1.807, 2.05) is 12.1 Å². The number of carbonyl (C=O) groups is 1. The normalized spacial score (nSPS) is 9.70. The molecular formula is C17H12ClN3O2. The van der Waals surface area contributed by atoms with Crippen LogP contribution in [0.4, 0.5) is 5.69 Å². The zero-order valence-electron chi connectivity index (χ0n) is 11.9. The number of carbonyl (C=O) groups excluding carboxylic acids is 1. The number of pyridine rings is 1. The fourth-order valence-electron chi connectivity index (χ4n) is 2.14. The van der Waals surface area contributed by atoms with Gasteiger partial charge >= 0.3 is 0 Å². The smallest absolute Gasteiger partial charge is 0.259 e. The number of phenols is 1. The molecule has 2 aromatic carbocycles. The van der Waals surface area contributed by atoms with E-state index in [4.69, 9.17) is 5.26 Å². The molecule has 0 unspecified atom stereocenters. The summed E-state index contributed by atoms with van der Waals surface area (Å²) in [7, 11) is 0. The summed E-state index contributed by atoms with van der Waals surface area (Å²) >= 11 is 0. The van der Waals surface area contributed by atoms with Crippen LogP contribution in [0.15, 0.2) is 54.7 Å². The van der Waals surface area contributed by atoms with Crippen LogP contribution in [0, 0.1) is 11.3 Å². The summed E-state index contributed by atoms with van der Waals surface area (Å²) in [5.41, 5.74) is 1.59. The van der Waals surface area contributed by atoms with Crippen LogP contribution in [0.25, 0.3) is 10.9 Å². The lowest BCUT2D eigenvalue weighted by Gasteiger charge is -2.08. The van der Waals surface area contributed by atoms with Crippen molar-refractivity contribution >= 4 is 34.9 Å². The third kappa shape index (κ3) is 3.23. The average molecular weight is 326 g/mol. The highest BCUT2D eigenvalue weighted by Gasteiger charge is 2.14. The number of nitrogens with one attached hydrogen (secondary N) is 1. The molecule has 0 atom stereocenters. The Labute approximate surface area is 138 Å². The van der Waals surface area contributed by atoms with Crippen molar-refractivity contribution in [3.05, 3.63) is 65.9 Å². The first-order chi connectivity index (χ1) is 10.7. The lowest BCUT2D eigenvalue weighted by molar-refractivity contribution is 0.102. The predicted octanol–water partition coefficient (Wildman–Crippen LogP) is 3.49. The van der Waals surface area contributed by atoms with Crippen molar-refractivity contribution in [2.75, 3.05) is 5.32 Å². The van der Waals surface area contributed by atoms with Crippen LogP contribution in [0.2, 0.25) is 0 Å². The van der Waals surface area contributed by atoms with E-state index in [1.54, 1.807) is 48.7 Å². The number of hydrogen-bond donors (Lipinski definition) is 2. The van der Waals surface area contributed by atoms with E-state index < -0.39 is 5.91 Å². The summed E-state index contributed by atoms with van der Waals surface area (Å²) in [5.74, 6) is -0.584. The number of benzene rings is 2. The molecule has 114 valence electrons. The number of aromatic nitrogens is 1. The number of phenolic OH excluding ortho intramolecular Hbond substituents is 1. The molecule has 0 spiro atoms. The molecule has 3 rings (SSSR count). The van der Waals surface area contributed by atoms with Crippen molar-refractivity contribution in [3.63, 3.8) is 0 Å². The van der Waals surface area contributed by atoms with Gasteiger partial charge in [-0.3, -0.25) is 9.78 Å². The zero-order valence-corrected chi connectivity index (χ0v) is 12.7. The van der Waals surface area contributed by atoms with Gasteiger partial charge in [0.2, 0.25) is 0 Å². The molecule has 2 N–H and O–H groups in total. The first kappa shape index (κ1) is 16.3. The van der Waals surface area contributed by atoms with Gasteiger partial charge in [0.15, 0.2) is 5.75 Å². The highest BCUT2D eigenvalue weighted by Crippen LogP contribution is 2.27. The van der Waals surface area contributed by atoms with Crippen LogP contribution in [0.1, 0.15) is 15.9 Å². The van der Waals surface area contributed by atoms with Crippen molar-refractivity contribution in [2.24, 2.45) is 0 Å². The van der Waals surface area contributed by atoms with Crippen molar-refractivity contribution in [3.8, 4) is 11.8 Å². The second kappa shape index (κ2) is 6.77. The molecule has 1 aromatic heterocycles. The highest BCUT2D eigenvalue weighted by atomic mass is 35.5. The Morgan fingerprint density at radius 2 is 1.87 bits per heavy atom. The molecule has 0 saturated heterocycles. The lowest BCUT2D eigenvalue weighted by atomic mass is 10.1. The number of fused-ring (bicyclic) bond motifs is 1. The Hall–Kier alpha value is -3.10. The zero-order chi connectivity index (χ0) is 15.5. The van der Waals surface area contributed by atoms with Crippen LogP contribution >= 0.6 is 12.4 Å². The lowest BCUT2D eigenvalue weighted by Crippen LogP contribution is -2.12. The molecule has 1 heterocycles. The minimum Gasteiger partial charge on any atom is -0.505 e. The molecule has 0 aliphatic rings. The quantitative estimate of drug-likeness (QED) is 0.755. The van der Waals surface area contributed by atoms with Crippen molar-refractivity contribution in [2.45, 2.75) is 0 Å². The number of nitriles is 1. The summed E-state index contributed by atoms with van der Waals surface area (Å²) < 4.78 is 0. The Morgan fingerprint density at radius 1 is 1.13 bits per heavy atom. The number of rotatable bonds is 2. The van der Waals surface area contributed by atoms with Gasteiger partial charge in [-0.25, -0.2) is 0 Å². The van der Waals surface area contributed by atoms with E-state index in [0.717, 1.165) is 5.39 Å². The van der Waals surface area contributed by atoms with E-state index in [-0.39, 0.29) is 23.7 Å². The first-order valence-electron chi connectivity index (χ1n) is 6.57. The van der Waals surface area contributed by atoms with E-state index >= 15 is 0 Å². The summed E-state index contributed by atoms with van der Waals surface area (Å²) in [5, 5.41) is 22.4. The number of nitrogens with zero attached hydrogens (tertiary/aromatic N) is 2. The maximum Gasteiger partial charge on any atom is 0.259 e. The van der Waals surface area contributed by atoms with Gasteiger partial charge in [0.1, 0.15) is 5.52 Å². The Kier molecular flexibility index (Phi) is 4.79. The molecule has 1 amide bonds. The van der Waals surface area contributed by atoms with Gasteiger partial charge in [-0.15, -0.1) is 12.4 Å². The van der Waals surface area contributed by atoms with Crippen molar-refractivity contribution in [1.29, 1.82) is 5.26 Å². The van der Waals surface area contributed by atoms with Crippen LogP contribution in [-0.2, 0) is 0 Å². The van der Waals surface area contributed by atoms with Crippen molar-refractivity contribution in [1.82, 2.24) is 4.98 Å². The molecule has 23 heavy (non-hydrogen) atoms. The molecule has 6 heteroatoms. The van der Waals surface area contributed by atoms with Gasteiger partial charge in [0.25, 0.3) is 5.91 Å². The maximum absolute atomic E-state index is 12.3. The third-order valence-corrected chi connectivity index (χ3v) is 3.26. The fourth-order valence-corrected chi connectivity index (χ4v) is 2.14. The van der Waals surface area contributed by atoms with E-state index in [2.05, 4.69) is 10.3 Å². The monoisotopic (exact) mass is 325 g/mol. The molecule has 3 aromatic rings. The second-order valence-corrected chi connectivity index (χ2v) is 4.68. The summed E-state index contributed by atoms with van der Waals surface area (Å²) in [4.78, 5) is 16.4. The van der Waals surface area contributed by atoms with E-state index in [0.29, 0.717) is 16.8 Å². The van der Waals surface area contributed by atoms with Crippen molar-refractivity contribution < 1.29 is 9.90 Å². The first-order valence-corrected chi connectivity index (χ1v) is 6.57. The standard InChI is InChI=1S/C17H11N3O2.ClH/c18-10-11-3-6-13(7-4-11)20-17(22)14-8-5-12-2-1-9-19-15(12)16(14)21;/h1-9,21H,(H,20,22);1H. The van der Waals surface area contributed by atoms with Gasteiger partial charge in [-0.2, -0.15) is 5.26 Å². The minimum atomic E-state index is -0.435. The third-order valence-electron chi connectivity index (χ3n) is 3.26. The maximum atomic E-state index is 12.3. The summed E-state index contributed by atoms with van der Waals surface area (Å²) in [6.07, 6.45) is 1.56. The number of aromatic hydroxyl groups is 1. The topological polar surface area (TPSA) is 86.0 Å². The molecule has 0 fully saturated rings. The number of hydrogen-bond acceptors (Lipinski definition) is 4. The van der Waals surface area contributed by atoms with Gasteiger partial charge < -0.3 is 10.4 Å². The molecule has 5 nitrogen and oxygen atoms in total. The number of amides is 1. The SMILES string of the molecule is Cl.N#Cc1ccc(NC(=O)c2ccc3cccnc3c2O)cc1. The Bertz CT molecular complexity index is 902. The van der Waals surface area contributed by atoms with Gasteiger partial charge in [-0.1, -0.05) is 12.1 Å². The molecule has 0 saturated carbocycles. The van der Waals surface area contributed by atoms with Crippen LogP contribution < -0.4 is 5.32 Å². The number of anilines is 1. The minimum absolute atomic E-state index is 0. The van der Waals surface area contributed by atoms with Gasteiger partial charge in [-0.05, 0) is 36.4 Å². The van der Waals surface area contributed by atoms with Gasteiger partial charge in [0, 0.05) is 17.3 Å². The summed E-state index contributed by atoms with van der Waals surface area (Å²) in [6.45, 7) is 0. The fraction of sp³-hybridized carbons (Fsp3) is 0. The Morgan fingerprint density at radius 3 is 2.57 bits per heavy atom. The molecule has 0 radical (unpaired) electrons. The molecule has 0 aliphatic carbocycles. The largest absolute Gasteiger partial charge is 0.505 e. The van der Waals surface area contributed by atoms with E-state index in [9.17, 15) is 9.90 Å². The second-order valence-electron chi connectivity index (χ2n) is 4.68. The Balaban J connectivity index is 0.00000192. The predicted molar refractivity (Wildman–Crippen MR) is 89.8 cm³/mol. The molecular weight excluding hydrogens is 314 g/mol. The van der Waals surface area contributed by atoms with Crippen LogP contribution in [0.5, 0.6) is 5.75 Å². The van der Waals surface area contributed by atoms with Crippen LogP contribution in [-0.4, -0.2) is 16.0 Å². The van der Waals surface area contributed by atoms with E-state index in [1.165, 1.54) is 0 Å².